The van der Waals surface area contributed by atoms with Gasteiger partial charge in [0.2, 0.25) is 5.91 Å². The molecule has 0 bridgehead atoms. The summed E-state index contributed by atoms with van der Waals surface area (Å²) in [6.45, 7) is 2.64. The fourth-order valence-corrected chi connectivity index (χ4v) is 1.68. The standard InChI is InChI=1S/C13H16ClNO4/c1-2-19-11-4-3-10(14)7-9(11)8-15-12(16)5-6-13(17)18/h3-4,7H,2,5-6,8H2,1H3,(H,15,16)(H,17,18). The second kappa shape index (κ2) is 7.63. The van der Waals surface area contributed by atoms with Crippen molar-refractivity contribution in [2.24, 2.45) is 0 Å². The van der Waals surface area contributed by atoms with Crippen LogP contribution in [0.3, 0.4) is 0 Å². The van der Waals surface area contributed by atoms with Gasteiger partial charge in [0.1, 0.15) is 5.75 Å². The molecule has 104 valence electrons. The molecule has 0 atom stereocenters. The van der Waals surface area contributed by atoms with Crippen molar-refractivity contribution in [3.8, 4) is 5.75 Å². The molecule has 0 aromatic heterocycles. The van der Waals surface area contributed by atoms with Gasteiger partial charge in [0.15, 0.2) is 0 Å². The predicted molar refractivity (Wildman–Crippen MR) is 71.3 cm³/mol. The molecule has 0 heterocycles. The molecule has 1 aromatic carbocycles. The normalized spacial score (nSPS) is 10.0. The van der Waals surface area contributed by atoms with E-state index in [-0.39, 0.29) is 25.3 Å². The van der Waals surface area contributed by atoms with Crippen LogP contribution in [0.2, 0.25) is 5.02 Å². The van der Waals surface area contributed by atoms with Crippen molar-refractivity contribution >= 4 is 23.5 Å². The van der Waals surface area contributed by atoms with E-state index in [1.807, 2.05) is 6.92 Å². The molecule has 0 unspecified atom stereocenters. The van der Waals surface area contributed by atoms with Crippen molar-refractivity contribution in [2.45, 2.75) is 26.3 Å². The first-order valence-electron chi connectivity index (χ1n) is 5.92. The monoisotopic (exact) mass is 285 g/mol. The van der Waals surface area contributed by atoms with E-state index >= 15 is 0 Å². The van der Waals surface area contributed by atoms with Crippen molar-refractivity contribution in [1.29, 1.82) is 0 Å². The highest BCUT2D eigenvalue weighted by Crippen LogP contribution is 2.22. The minimum absolute atomic E-state index is 0.0418. The van der Waals surface area contributed by atoms with Gasteiger partial charge in [-0.25, -0.2) is 0 Å². The minimum Gasteiger partial charge on any atom is -0.494 e. The number of ether oxygens (including phenoxy) is 1. The van der Waals surface area contributed by atoms with E-state index in [4.69, 9.17) is 21.4 Å². The Labute approximate surface area is 116 Å². The second-order valence-corrected chi connectivity index (χ2v) is 4.29. The van der Waals surface area contributed by atoms with Gasteiger partial charge in [-0.3, -0.25) is 9.59 Å². The van der Waals surface area contributed by atoms with Crippen LogP contribution in [0.25, 0.3) is 0 Å². The highest BCUT2D eigenvalue weighted by atomic mass is 35.5. The van der Waals surface area contributed by atoms with Crippen molar-refractivity contribution in [2.75, 3.05) is 6.61 Å². The average molecular weight is 286 g/mol. The Hall–Kier alpha value is -1.75. The van der Waals surface area contributed by atoms with Gasteiger partial charge < -0.3 is 15.2 Å². The summed E-state index contributed by atoms with van der Waals surface area (Å²) >= 11 is 5.89. The van der Waals surface area contributed by atoms with E-state index in [9.17, 15) is 9.59 Å². The molecule has 0 aliphatic carbocycles. The number of carboxylic acid groups (broad SMARTS) is 1. The summed E-state index contributed by atoms with van der Waals surface area (Å²) in [5.41, 5.74) is 0.762. The first-order valence-corrected chi connectivity index (χ1v) is 6.30. The lowest BCUT2D eigenvalue weighted by Gasteiger charge is -2.11. The third-order valence-corrected chi connectivity index (χ3v) is 2.60. The molecule has 6 heteroatoms. The molecule has 5 nitrogen and oxygen atoms in total. The Morgan fingerprint density at radius 1 is 1.37 bits per heavy atom. The summed E-state index contributed by atoms with van der Waals surface area (Å²) in [6.07, 6.45) is -0.223. The number of nitrogens with one attached hydrogen (secondary N) is 1. The van der Waals surface area contributed by atoms with Crippen LogP contribution in [0.4, 0.5) is 0 Å². The first kappa shape index (κ1) is 15.3. The third-order valence-electron chi connectivity index (χ3n) is 2.36. The number of carbonyl (C=O) groups is 2. The maximum atomic E-state index is 11.4. The van der Waals surface area contributed by atoms with E-state index in [2.05, 4.69) is 5.32 Å². The fourth-order valence-electron chi connectivity index (χ4n) is 1.49. The molecule has 0 saturated carbocycles. The van der Waals surface area contributed by atoms with Crippen LogP contribution in [0, 0.1) is 0 Å². The molecule has 1 aromatic rings. The molecular weight excluding hydrogens is 270 g/mol. The van der Waals surface area contributed by atoms with Crippen LogP contribution < -0.4 is 10.1 Å². The predicted octanol–water partition coefficient (Wildman–Crippen LogP) is 2.22. The number of carboxylic acids is 1. The van der Waals surface area contributed by atoms with Crippen LogP contribution in [0.15, 0.2) is 18.2 Å². The maximum Gasteiger partial charge on any atom is 0.303 e. The van der Waals surface area contributed by atoms with Gasteiger partial charge in [-0.2, -0.15) is 0 Å². The van der Waals surface area contributed by atoms with E-state index in [1.54, 1.807) is 18.2 Å². The molecule has 0 aliphatic rings. The molecule has 0 saturated heterocycles. The zero-order chi connectivity index (χ0) is 14.3. The third kappa shape index (κ3) is 5.61. The van der Waals surface area contributed by atoms with Gasteiger partial charge in [0.05, 0.1) is 13.0 Å². The molecule has 19 heavy (non-hydrogen) atoms. The van der Waals surface area contributed by atoms with Crippen LogP contribution in [0.5, 0.6) is 5.75 Å². The number of aliphatic carboxylic acids is 1. The lowest BCUT2D eigenvalue weighted by molar-refractivity contribution is -0.138. The largest absolute Gasteiger partial charge is 0.494 e. The smallest absolute Gasteiger partial charge is 0.303 e. The highest BCUT2D eigenvalue weighted by Gasteiger charge is 2.08. The number of hydrogen-bond acceptors (Lipinski definition) is 3. The van der Waals surface area contributed by atoms with Gasteiger partial charge >= 0.3 is 5.97 Å². The number of rotatable bonds is 7. The van der Waals surface area contributed by atoms with Gasteiger partial charge in [0, 0.05) is 23.6 Å². The summed E-state index contributed by atoms with van der Waals surface area (Å²) in [5, 5.41) is 11.7. The lowest BCUT2D eigenvalue weighted by Crippen LogP contribution is -2.23. The Morgan fingerprint density at radius 2 is 2.11 bits per heavy atom. The van der Waals surface area contributed by atoms with Crippen molar-refractivity contribution < 1.29 is 19.4 Å². The van der Waals surface area contributed by atoms with Gasteiger partial charge in [-0.1, -0.05) is 11.6 Å². The van der Waals surface area contributed by atoms with E-state index < -0.39 is 5.97 Å². The Morgan fingerprint density at radius 3 is 2.74 bits per heavy atom. The van der Waals surface area contributed by atoms with E-state index in [0.717, 1.165) is 5.56 Å². The van der Waals surface area contributed by atoms with Crippen molar-refractivity contribution in [3.63, 3.8) is 0 Å². The van der Waals surface area contributed by atoms with Gasteiger partial charge in [-0.05, 0) is 25.1 Å². The minimum atomic E-state index is -0.993. The Bertz CT molecular complexity index is 462. The van der Waals surface area contributed by atoms with Crippen LogP contribution in [-0.4, -0.2) is 23.6 Å². The quantitative estimate of drug-likeness (QED) is 0.805. The topological polar surface area (TPSA) is 75.6 Å². The fraction of sp³-hybridized carbons (Fsp3) is 0.385. The molecule has 0 fully saturated rings. The maximum absolute atomic E-state index is 11.4. The summed E-state index contributed by atoms with van der Waals surface area (Å²) in [5.74, 6) is -0.650. The zero-order valence-corrected chi connectivity index (χ0v) is 11.4. The molecule has 1 amide bonds. The van der Waals surface area contributed by atoms with E-state index in [0.29, 0.717) is 17.4 Å². The summed E-state index contributed by atoms with van der Waals surface area (Å²) in [4.78, 5) is 21.8. The summed E-state index contributed by atoms with van der Waals surface area (Å²) in [6, 6.07) is 5.16. The summed E-state index contributed by atoms with van der Waals surface area (Å²) < 4.78 is 5.42. The second-order valence-electron chi connectivity index (χ2n) is 3.86. The molecule has 0 radical (unpaired) electrons. The molecular formula is C13H16ClNO4. The zero-order valence-electron chi connectivity index (χ0n) is 10.6. The number of hydrogen-bond donors (Lipinski definition) is 2. The number of amides is 1. The van der Waals surface area contributed by atoms with Crippen molar-refractivity contribution in [1.82, 2.24) is 5.32 Å². The average Bonchev–Trinajstić information content (AvgIpc) is 2.36. The number of halogens is 1. The molecule has 0 spiro atoms. The van der Waals surface area contributed by atoms with Gasteiger partial charge in [0.25, 0.3) is 0 Å². The van der Waals surface area contributed by atoms with Crippen molar-refractivity contribution in [3.05, 3.63) is 28.8 Å². The molecule has 2 N–H and O–H groups in total. The Kier molecular flexibility index (Phi) is 6.15. The van der Waals surface area contributed by atoms with Crippen LogP contribution >= 0.6 is 11.6 Å². The SMILES string of the molecule is CCOc1ccc(Cl)cc1CNC(=O)CCC(=O)O. The van der Waals surface area contributed by atoms with Crippen LogP contribution in [-0.2, 0) is 16.1 Å². The lowest BCUT2D eigenvalue weighted by atomic mass is 10.2. The van der Waals surface area contributed by atoms with Crippen LogP contribution in [0.1, 0.15) is 25.3 Å². The number of carbonyl (C=O) groups excluding carboxylic acids is 1. The highest BCUT2D eigenvalue weighted by molar-refractivity contribution is 6.30. The Balaban J connectivity index is 2.58. The van der Waals surface area contributed by atoms with E-state index in [1.165, 1.54) is 0 Å². The van der Waals surface area contributed by atoms with Gasteiger partial charge in [-0.15, -0.1) is 0 Å². The molecule has 0 aliphatic heterocycles. The number of benzene rings is 1. The molecule has 1 rings (SSSR count). The first-order chi connectivity index (χ1) is 9.02. The summed E-state index contributed by atoms with van der Waals surface area (Å²) in [7, 11) is 0.